The van der Waals surface area contributed by atoms with Crippen molar-refractivity contribution >= 4 is 66.1 Å². The molecule has 0 unspecified atom stereocenters. The molecule has 0 atom stereocenters. The number of pyridine rings is 3. The standard InChI is InChI=1S/C81H51N9/c1-2-21-53(22-3-1)76-63-30-5-8-35-70(63)89-75-40-13-11-38-73(75)88(80(76)89)61-28-20-26-57(49-61)78-62-29-4-7-32-65(62)85-79(86-78)58-27-19-24-55(48-58)54-23-18-25-56(47-54)77-64-31-6-9-36-71(64)90-74-39-12-10-37-72(74)87(81(77)90)60-43-41-52(42-44-60)59-50-68(66-33-14-16-45-82-66)84-69(51-59)67-34-15-17-46-83-67/h1-51H. The molecule has 9 heteroatoms. The summed E-state index contributed by atoms with van der Waals surface area (Å²) in [6.07, 6.45) is 3.61. The van der Waals surface area contributed by atoms with E-state index in [4.69, 9.17) is 15.0 Å². The van der Waals surface area contributed by atoms with Crippen molar-refractivity contribution in [3.8, 4) is 101 Å². The first-order valence-electron chi connectivity index (χ1n) is 30.3. The van der Waals surface area contributed by atoms with E-state index in [1.807, 2.05) is 48.8 Å². The normalized spacial score (nSPS) is 11.8. The van der Waals surface area contributed by atoms with Crippen LogP contribution < -0.4 is 0 Å². The lowest BCUT2D eigenvalue weighted by atomic mass is 9.97. The van der Waals surface area contributed by atoms with E-state index in [2.05, 4.69) is 289 Å². The van der Waals surface area contributed by atoms with E-state index >= 15 is 0 Å². The van der Waals surface area contributed by atoms with Crippen LogP contribution in [0, 0.1) is 0 Å². The van der Waals surface area contributed by atoms with Gasteiger partial charge in [-0.25, -0.2) is 15.0 Å². The summed E-state index contributed by atoms with van der Waals surface area (Å²) in [6.45, 7) is 0. The zero-order valence-corrected chi connectivity index (χ0v) is 48.5. The molecular formula is C81H51N9. The van der Waals surface area contributed by atoms with Gasteiger partial charge in [0.25, 0.3) is 0 Å². The summed E-state index contributed by atoms with van der Waals surface area (Å²) in [5, 5.41) is 3.37. The van der Waals surface area contributed by atoms with Crippen LogP contribution in [0.5, 0.6) is 0 Å². The van der Waals surface area contributed by atoms with Crippen molar-refractivity contribution in [2.24, 2.45) is 0 Å². The average molecular weight is 1150 g/mol. The Morgan fingerprint density at radius 1 is 0.244 bits per heavy atom. The van der Waals surface area contributed by atoms with Gasteiger partial charge in [-0.05, 0) is 149 Å². The highest BCUT2D eigenvalue weighted by molar-refractivity contribution is 6.11. The van der Waals surface area contributed by atoms with Crippen molar-refractivity contribution < 1.29 is 0 Å². The van der Waals surface area contributed by atoms with Crippen molar-refractivity contribution in [1.29, 1.82) is 0 Å². The summed E-state index contributed by atoms with van der Waals surface area (Å²) in [6, 6.07) is 106. The molecule has 0 radical (unpaired) electrons. The van der Waals surface area contributed by atoms with E-state index in [1.165, 1.54) is 27.4 Å². The van der Waals surface area contributed by atoms with Gasteiger partial charge >= 0.3 is 0 Å². The van der Waals surface area contributed by atoms with E-state index in [9.17, 15) is 0 Å². The van der Waals surface area contributed by atoms with Crippen LogP contribution >= 0.6 is 0 Å². The Morgan fingerprint density at radius 2 is 0.722 bits per heavy atom. The van der Waals surface area contributed by atoms with E-state index in [1.54, 1.807) is 0 Å². The predicted molar refractivity (Wildman–Crippen MR) is 367 cm³/mol. The van der Waals surface area contributed by atoms with Gasteiger partial charge in [0, 0.05) is 62.2 Å². The molecule has 10 aromatic carbocycles. The van der Waals surface area contributed by atoms with E-state index in [0.717, 1.165) is 134 Å². The lowest BCUT2D eigenvalue weighted by Gasteiger charge is -2.13. The lowest BCUT2D eigenvalue weighted by Crippen LogP contribution is -1.98. The minimum absolute atomic E-state index is 0.659. The molecule has 0 saturated heterocycles. The maximum atomic E-state index is 5.53. The summed E-state index contributed by atoms with van der Waals surface area (Å²) >= 11 is 0. The Hall–Kier alpha value is -12.3. The van der Waals surface area contributed by atoms with Crippen LogP contribution in [0.4, 0.5) is 0 Å². The third-order valence-corrected chi connectivity index (χ3v) is 17.6. The Morgan fingerprint density at radius 3 is 1.34 bits per heavy atom. The Balaban J connectivity index is 0.745. The van der Waals surface area contributed by atoms with Gasteiger partial charge in [0.2, 0.25) is 0 Å². The Kier molecular flexibility index (Phi) is 11.7. The van der Waals surface area contributed by atoms with Crippen molar-refractivity contribution in [2.45, 2.75) is 0 Å². The second-order valence-electron chi connectivity index (χ2n) is 22.8. The summed E-state index contributed by atoms with van der Waals surface area (Å²) < 4.78 is 9.69. The second-order valence-corrected chi connectivity index (χ2v) is 22.8. The molecule has 0 saturated carbocycles. The molecule has 8 heterocycles. The highest BCUT2D eigenvalue weighted by atomic mass is 15.1. The summed E-state index contributed by atoms with van der Waals surface area (Å²) in [5.74, 6) is 0.659. The molecule has 0 aliphatic carbocycles. The van der Waals surface area contributed by atoms with Gasteiger partial charge < -0.3 is 0 Å². The maximum Gasteiger partial charge on any atom is 0.160 e. The van der Waals surface area contributed by atoms with Gasteiger partial charge in [0.15, 0.2) is 5.82 Å². The van der Waals surface area contributed by atoms with Gasteiger partial charge in [-0.3, -0.25) is 27.9 Å². The van der Waals surface area contributed by atoms with Crippen LogP contribution in [-0.4, -0.2) is 42.9 Å². The summed E-state index contributed by atoms with van der Waals surface area (Å²) in [7, 11) is 0. The first-order valence-corrected chi connectivity index (χ1v) is 30.3. The SMILES string of the molecule is c1ccc(-c2c3ccccc3n3c4ccccc4n(-c4cccc(-c5nc(-c6cccc(-c7cccc(-c8c9ccccc9n9c%10ccccc%10n(-c%10ccc(-c%11cc(-c%12ccccn%12)nc(-c%12ccccn%12)c%11)cc%10)c89)c7)c6)nc6ccccc56)c4)c23)cc1. The fraction of sp³-hybridized carbons (Fsp3) is 0. The zero-order chi connectivity index (χ0) is 59.2. The number of imidazole rings is 2. The molecule has 0 spiro atoms. The van der Waals surface area contributed by atoms with Gasteiger partial charge in [0.1, 0.15) is 11.3 Å². The molecule has 9 nitrogen and oxygen atoms in total. The molecular weight excluding hydrogens is 1100 g/mol. The quantitative estimate of drug-likeness (QED) is 0.136. The molecule has 18 aromatic rings. The number of fused-ring (bicyclic) bond motifs is 11. The molecule has 0 N–H and O–H groups in total. The third kappa shape index (κ3) is 8.21. The van der Waals surface area contributed by atoms with Crippen molar-refractivity contribution in [3.63, 3.8) is 0 Å². The number of para-hydroxylation sites is 7. The highest BCUT2D eigenvalue weighted by Crippen LogP contribution is 2.45. The number of rotatable bonds is 10. The molecule has 420 valence electrons. The molecule has 0 aliphatic rings. The highest BCUT2D eigenvalue weighted by Gasteiger charge is 2.25. The summed E-state index contributed by atoms with van der Waals surface area (Å²) in [5.41, 5.74) is 26.9. The topological polar surface area (TPSA) is 83.1 Å². The largest absolute Gasteiger partial charge is 0.293 e. The fourth-order valence-corrected chi connectivity index (χ4v) is 13.7. The molecule has 8 aromatic heterocycles. The molecule has 0 aliphatic heterocycles. The number of hydrogen-bond donors (Lipinski definition) is 0. The number of aromatic nitrogens is 9. The Labute approximate surface area is 517 Å². The minimum atomic E-state index is 0.659. The van der Waals surface area contributed by atoms with Gasteiger partial charge in [-0.15, -0.1) is 0 Å². The van der Waals surface area contributed by atoms with Gasteiger partial charge in [-0.1, -0.05) is 182 Å². The first kappa shape index (κ1) is 50.9. The monoisotopic (exact) mass is 1150 g/mol. The Bertz CT molecular complexity index is 5780. The van der Waals surface area contributed by atoms with Crippen LogP contribution in [0.2, 0.25) is 0 Å². The molecule has 0 bridgehead atoms. The van der Waals surface area contributed by atoms with Crippen molar-refractivity contribution in [2.75, 3.05) is 0 Å². The first-order chi connectivity index (χ1) is 44.6. The van der Waals surface area contributed by atoms with Crippen LogP contribution in [0.15, 0.2) is 310 Å². The minimum Gasteiger partial charge on any atom is -0.293 e. The maximum absolute atomic E-state index is 5.53. The fourth-order valence-electron chi connectivity index (χ4n) is 13.7. The van der Waals surface area contributed by atoms with Crippen molar-refractivity contribution in [1.82, 2.24) is 42.9 Å². The lowest BCUT2D eigenvalue weighted by molar-refractivity contribution is 1.15. The van der Waals surface area contributed by atoms with Crippen LogP contribution in [0.25, 0.3) is 167 Å². The van der Waals surface area contributed by atoms with Crippen molar-refractivity contribution in [3.05, 3.63) is 310 Å². The molecule has 18 rings (SSSR count). The van der Waals surface area contributed by atoms with Gasteiger partial charge in [-0.2, -0.15) is 0 Å². The molecule has 0 fully saturated rings. The smallest absolute Gasteiger partial charge is 0.160 e. The number of hydrogen-bond acceptors (Lipinski definition) is 5. The predicted octanol–water partition coefficient (Wildman–Crippen LogP) is 19.9. The van der Waals surface area contributed by atoms with E-state index < -0.39 is 0 Å². The van der Waals surface area contributed by atoms with Gasteiger partial charge in [0.05, 0.1) is 67.1 Å². The number of nitrogens with zero attached hydrogens (tertiary/aromatic N) is 9. The van der Waals surface area contributed by atoms with Crippen LogP contribution in [0.1, 0.15) is 0 Å². The van der Waals surface area contributed by atoms with Crippen LogP contribution in [0.3, 0.4) is 0 Å². The summed E-state index contributed by atoms with van der Waals surface area (Å²) in [4.78, 5) is 25.2. The third-order valence-electron chi connectivity index (χ3n) is 17.6. The van der Waals surface area contributed by atoms with E-state index in [0.29, 0.717) is 5.82 Å². The van der Waals surface area contributed by atoms with Crippen LogP contribution in [-0.2, 0) is 0 Å². The van der Waals surface area contributed by atoms with E-state index in [-0.39, 0.29) is 0 Å². The molecule has 0 amide bonds. The average Bonchev–Trinajstić information content (AvgIpc) is 1.56. The zero-order valence-electron chi connectivity index (χ0n) is 48.5. The number of benzene rings is 10. The second kappa shape index (κ2) is 20.7. The molecule has 90 heavy (non-hydrogen) atoms.